The maximum atomic E-state index is 13.9. The highest BCUT2D eigenvalue weighted by molar-refractivity contribution is 5.94. The van der Waals surface area contributed by atoms with Crippen molar-refractivity contribution in [3.63, 3.8) is 0 Å². The van der Waals surface area contributed by atoms with Crippen molar-refractivity contribution in [2.24, 2.45) is 0 Å². The first kappa shape index (κ1) is 20.7. The Morgan fingerprint density at radius 2 is 1.77 bits per heavy atom. The highest BCUT2D eigenvalue weighted by Crippen LogP contribution is 2.29. The van der Waals surface area contributed by atoms with Gasteiger partial charge >= 0.3 is 12.1 Å². The minimum Gasteiger partial charge on any atom is -0.353 e. The molecule has 0 bridgehead atoms. The smallest absolute Gasteiger partial charge is 0.353 e. The Morgan fingerprint density at radius 1 is 1.03 bits per heavy atom. The lowest BCUT2D eigenvalue weighted by molar-refractivity contribution is -0.159. The van der Waals surface area contributed by atoms with Gasteiger partial charge in [-0.15, -0.1) is 0 Å². The number of alkyl halides is 3. The second-order valence-electron chi connectivity index (χ2n) is 6.73. The van der Waals surface area contributed by atoms with Crippen LogP contribution in [0.5, 0.6) is 0 Å². The number of piperazine rings is 1. The Hall–Kier alpha value is -3.57. The van der Waals surface area contributed by atoms with E-state index < -0.39 is 29.6 Å². The van der Waals surface area contributed by atoms with Gasteiger partial charge in [0.1, 0.15) is 17.5 Å². The molecule has 4 rings (SSSR count). The average molecular weight is 439 g/mol. The van der Waals surface area contributed by atoms with Crippen molar-refractivity contribution in [1.29, 1.82) is 0 Å². The number of pyridine rings is 1. The third kappa shape index (κ3) is 4.32. The molecular weight excluding hydrogens is 425 g/mol. The van der Waals surface area contributed by atoms with Gasteiger partial charge in [-0.3, -0.25) is 4.79 Å². The summed E-state index contributed by atoms with van der Waals surface area (Å²) in [6, 6.07) is 5.91. The average Bonchev–Trinajstić information content (AvgIpc) is 3.25. The highest BCUT2D eigenvalue weighted by Gasteiger charge is 2.38. The lowest BCUT2D eigenvalue weighted by atomic mass is 10.1. The number of halogens is 5. The zero-order chi connectivity index (χ0) is 22.2. The number of carbonyl (C=O) groups excluding carboxylic acids is 1. The van der Waals surface area contributed by atoms with Crippen LogP contribution in [0.2, 0.25) is 0 Å². The van der Waals surface area contributed by atoms with E-state index in [-0.39, 0.29) is 17.0 Å². The van der Waals surface area contributed by atoms with E-state index in [1.54, 1.807) is 6.07 Å². The number of aromatic nitrogens is 3. The van der Waals surface area contributed by atoms with E-state index >= 15 is 0 Å². The summed E-state index contributed by atoms with van der Waals surface area (Å²) < 4.78 is 68.8. The second-order valence-corrected chi connectivity index (χ2v) is 6.73. The van der Waals surface area contributed by atoms with Gasteiger partial charge in [-0.05, 0) is 24.3 Å². The standard InChI is InChI=1S/C19H14F5N5O2/c20-12-2-3-13(14(21)9-12)17(30)29-7-5-28(6-8-29)15-4-1-11(10-25-15)16-26-18(31-27-16)19(22,23)24/h1-4,9-10H,5-8H2. The highest BCUT2D eigenvalue weighted by atomic mass is 19.4. The topological polar surface area (TPSA) is 75.4 Å². The molecule has 12 heteroatoms. The zero-order valence-corrected chi connectivity index (χ0v) is 15.7. The van der Waals surface area contributed by atoms with Crippen molar-refractivity contribution in [2.75, 3.05) is 31.1 Å². The van der Waals surface area contributed by atoms with Crippen molar-refractivity contribution in [2.45, 2.75) is 6.18 Å². The fourth-order valence-electron chi connectivity index (χ4n) is 3.13. The maximum Gasteiger partial charge on any atom is 0.471 e. The Kier molecular flexibility index (Phi) is 5.29. The minimum atomic E-state index is -4.73. The molecule has 0 saturated carbocycles. The van der Waals surface area contributed by atoms with Gasteiger partial charge in [0.15, 0.2) is 0 Å². The Labute approximate surface area is 172 Å². The summed E-state index contributed by atoms with van der Waals surface area (Å²) in [5, 5.41) is 3.31. The summed E-state index contributed by atoms with van der Waals surface area (Å²) in [6.45, 7) is 1.39. The molecule has 31 heavy (non-hydrogen) atoms. The van der Waals surface area contributed by atoms with Crippen LogP contribution in [0.15, 0.2) is 41.1 Å². The van der Waals surface area contributed by atoms with Gasteiger partial charge in [0.25, 0.3) is 5.91 Å². The summed E-state index contributed by atoms with van der Waals surface area (Å²) in [5.41, 5.74) is 0.0549. The van der Waals surface area contributed by atoms with E-state index in [4.69, 9.17) is 0 Å². The third-order valence-electron chi connectivity index (χ3n) is 4.73. The summed E-state index contributed by atoms with van der Waals surface area (Å²) in [6.07, 6.45) is -3.40. The number of carbonyl (C=O) groups is 1. The lowest BCUT2D eigenvalue weighted by Crippen LogP contribution is -2.49. The van der Waals surface area contributed by atoms with Gasteiger partial charge in [0, 0.05) is 44.0 Å². The fourth-order valence-corrected chi connectivity index (χ4v) is 3.13. The van der Waals surface area contributed by atoms with E-state index in [1.807, 2.05) is 4.90 Å². The largest absolute Gasteiger partial charge is 0.471 e. The van der Waals surface area contributed by atoms with Gasteiger partial charge < -0.3 is 14.3 Å². The summed E-state index contributed by atoms with van der Waals surface area (Å²) >= 11 is 0. The van der Waals surface area contributed by atoms with Crippen LogP contribution in [0, 0.1) is 11.6 Å². The van der Waals surface area contributed by atoms with Crippen molar-refractivity contribution in [3.05, 3.63) is 59.6 Å². The predicted octanol–water partition coefficient (Wildman–Crippen LogP) is 3.39. The molecule has 3 aromatic rings. The van der Waals surface area contributed by atoms with E-state index in [0.29, 0.717) is 38.1 Å². The van der Waals surface area contributed by atoms with Crippen molar-refractivity contribution < 1.29 is 31.3 Å². The van der Waals surface area contributed by atoms with Crippen molar-refractivity contribution in [1.82, 2.24) is 20.0 Å². The van der Waals surface area contributed by atoms with Crippen LogP contribution in [-0.4, -0.2) is 52.1 Å². The van der Waals surface area contributed by atoms with Crippen molar-refractivity contribution in [3.8, 4) is 11.4 Å². The maximum absolute atomic E-state index is 13.9. The van der Waals surface area contributed by atoms with Crippen LogP contribution in [0.3, 0.4) is 0 Å². The van der Waals surface area contributed by atoms with Gasteiger partial charge in [-0.1, -0.05) is 5.16 Å². The van der Waals surface area contributed by atoms with Crippen LogP contribution in [0.25, 0.3) is 11.4 Å². The van der Waals surface area contributed by atoms with E-state index in [0.717, 1.165) is 12.1 Å². The first-order valence-electron chi connectivity index (χ1n) is 9.09. The minimum absolute atomic E-state index is 0.198. The van der Waals surface area contributed by atoms with Gasteiger partial charge in [-0.2, -0.15) is 18.2 Å². The monoisotopic (exact) mass is 439 g/mol. The molecule has 1 amide bonds. The van der Waals surface area contributed by atoms with Crippen molar-refractivity contribution >= 4 is 11.7 Å². The Bertz CT molecular complexity index is 1090. The number of benzene rings is 1. The molecule has 7 nitrogen and oxygen atoms in total. The van der Waals surface area contributed by atoms with Crippen LogP contribution >= 0.6 is 0 Å². The molecule has 0 N–H and O–H groups in total. The predicted molar refractivity (Wildman–Crippen MR) is 97.0 cm³/mol. The molecule has 0 aliphatic carbocycles. The number of rotatable bonds is 3. The summed E-state index contributed by atoms with van der Waals surface area (Å²) in [5.74, 6) is -3.34. The molecule has 1 saturated heterocycles. The second kappa shape index (κ2) is 7.93. The van der Waals surface area contributed by atoms with E-state index in [9.17, 15) is 26.7 Å². The first-order valence-corrected chi connectivity index (χ1v) is 9.09. The quantitative estimate of drug-likeness (QED) is 0.583. The lowest BCUT2D eigenvalue weighted by Gasteiger charge is -2.35. The SMILES string of the molecule is O=C(c1ccc(F)cc1F)N1CCN(c2ccc(-c3noc(C(F)(F)F)n3)cn2)CC1. The number of hydrogen-bond donors (Lipinski definition) is 0. The van der Waals surface area contributed by atoms with Crippen LogP contribution in [0.1, 0.15) is 16.2 Å². The number of nitrogens with zero attached hydrogens (tertiary/aromatic N) is 5. The molecule has 1 aliphatic heterocycles. The Balaban J connectivity index is 1.40. The third-order valence-corrected chi connectivity index (χ3v) is 4.73. The van der Waals surface area contributed by atoms with Gasteiger partial charge in [0.2, 0.25) is 5.82 Å². The van der Waals surface area contributed by atoms with Crippen LogP contribution in [0.4, 0.5) is 27.8 Å². The van der Waals surface area contributed by atoms with E-state index in [1.165, 1.54) is 17.2 Å². The molecule has 0 atom stereocenters. The number of hydrogen-bond acceptors (Lipinski definition) is 6. The molecule has 0 spiro atoms. The Morgan fingerprint density at radius 3 is 2.35 bits per heavy atom. The fraction of sp³-hybridized carbons (Fsp3) is 0.263. The molecule has 1 aliphatic rings. The molecule has 2 aromatic heterocycles. The van der Waals surface area contributed by atoms with Gasteiger partial charge in [0.05, 0.1) is 5.56 Å². The number of anilines is 1. The van der Waals surface area contributed by atoms with Gasteiger partial charge in [-0.25, -0.2) is 13.8 Å². The molecule has 0 unspecified atom stereocenters. The van der Waals surface area contributed by atoms with Crippen LogP contribution in [-0.2, 0) is 6.18 Å². The molecular formula is C19H14F5N5O2. The summed E-state index contributed by atoms with van der Waals surface area (Å²) in [4.78, 5) is 23.3. The molecule has 162 valence electrons. The van der Waals surface area contributed by atoms with Crippen LogP contribution < -0.4 is 4.90 Å². The normalized spacial score (nSPS) is 14.7. The molecule has 1 fully saturated rings. The van der Waals surface area contributed by atoms with E-state index in [2.05, 4.69) is 19.6 Å². The first-order chi connectivity index (χ1) is 14.7. The zero-order valence-electron chi connectivity index (χ0n) is 15.7. The number of amides is 1. The summed E-state index contributed by atoms with van der Waals surface area (Å²) in [7, 11) is 0. The molecule has 1 aromatic carbocycles. The molecule has 0 radical (unpaired) electrons. The molecule has 3 heterocycles.